The van der Waals surface area contributed by atoms with Crippen LogP contribution in [-0.4, -0.2) is 66.0 Å². The third kappa shape index (κ3) is 3.16. The lowest BCUT2D eigenvalue weighted by Gasteiger charge is -2.41. The Morgan fingerprint density at radius 3 is 2.22 bits per heavy atom. The highest BCUT2D eigenvalue weighted by molar-refractivity contribution is 5.74. The van der Waals surface area contributed by atoms with E-state index < -0.39 is 0 Å². The van der Waals surface area contributed by atoms with Crippen molar-refractivity contribution >= 4 is 6.03 Å². The van der Waals surface area contributed by atoms with E-state index in [1.165, 1.54) is 25.7 Å². The first kappa shape index (κ1) is 13.7. The number of hydrogen-bond donors (Lipinski definition) is 0. The summed E-state index contributed by atoms with van der Waals surface area (Å²) in [5.41, 5.74) is 0. The predicted molar refractivity (Wildman–Crippen MR) is 73.7 cm³/mol. The normalized spacial score (nSPS) is 27.1. The highest BCUT2D eigenvalue weighted by Gasteiger charge is 2.28. The first-order valence-corrected chi connectivity index (χ1v) is 7.50. The molecule has 1 atom stereocenters. The topological polar surface area (TPSA) is 26.8 Å². The minimum absolute atomic E-state index is 0.277. The standard InChI is InChI=1S/C14H27N3O/c1-3-15-10-11-17(12-13(15)2)14(18)16-8-6-4-5-7-9-16/h13H,3-12H2,1-2H3. The Morgan fingerprint density at radius 1 is 1.00 bits per heavy atom. The number of piperazine rings is 1. The Labute approximate surface area is 111 Å². The average Bonchev–Trinajstić information content (AvgIpc) is 2.66. The van der Waals surface area contributed by atoms with E-state index >= 15 is 0 Å². The maximum Gasteiger partial charge on any atom is 0.320 e. The molecule has 104 valence electrons. The van der Waals surface area contributed by atoms with E-state index in [1.807, 2.05) is 0 Å². The van der Waals surface area contributed by atoms with E-state index in [0.717, 1.165) is 39.3 Å². The largest absolute Gasteiger partial charge is 0.325 e. The summed E-state index contributed by atoms with van der Waals surface area (Å²) in [5.74, 6) is 0. The lowest BCUT2D eigenvalue weighted by Crippen LogP contribution is -2.56. The zero-order valence-electron chi connectivity index (χ0n) is 11.9. The van der Waals surface area contributed by atoms with Crippen LogP contribution in [0, 0.1) is 0 Å². The Morgan fingerprint density at radius 2 is 1.67 bits per heavy atom. The zero-order valence-corrected chi connectivity index (χ0v) is 11.9. The number of likely N-dealkylation sites (N-methyl/N-ethyl adjacent to an activating group) is 1. The van der Waals surface area contributed by atoms with Crippen molar-refractivity contribution in [3.05, 3.63) is 0 Å². The Hall–Kier alpha value is -0.770. The van der Waals surface area contributed by atoms with E-state index in [9.17, 15) is 4.79 Å². The van der Waals surface area contributed by atoms with Crippen molar-refractivity contribution in [1.29, 1.82) is 0 Å². The second-order valence-corrected chi connectivity index (χ2v) is 5.61. The molecule has 4 nitrogen and oxygen atoms in total. The van der Waals surface area contributed by atoms with Crippen molar-refractivity contribution in [2.45, 2.75) is 45.6 Å². The molecule has 2 heterocycles. The fraction of sp³-hybridized carbons (Fsp3) is 0.929. The number of urea groups is 1. The van der Waals surface area contributed by atoms with Crippen molar-refractivity contribution in [3.63, 3.8) is 0 Å². The number of nitrogens with zero attached hydrogens (tertiary/aromatic N) is 3. The molecule has 0 aromatic heterocycles. The lowest BCUT2D eigenvalue weighted by atomic mass is 10.2. The van der Waals surface area contributed by atoms with Gasteiger partial charge in [-0.25, -0.2) is 4.79 Å². The third-order valence-electron chi connectivity index (χ3n) is 4.32. The van der Waals surface area contributed by atoms with Crippen LogP contribution in [0.25, 0.3) is 0 Å². The van der Waals surface area contributed by atoms with Crippen molar-refractivity contribution in [3.8, 4) is 0 Å². The molecule has 4 heteroatoms. The number of rotatable bonds is 1. The molecular formula is C14H27N3O. The molecule has 0 saturated carbocycles. The molecule has 2 aliphatic rings. The molecular weight excluding hydrogens is 226 g/mol. The van der Waals surface area contributed by atoms with Gasteiger partial charge in [-0.2, -0.15) is 0 Å². The monoisotopic (exact) mass is 253 g/mol. The van der Waals surface area contributed by atoms with Crippen molar-refractivity contribution in [1.82, 2.24) is 14.7 Å². The molecule has 2 saturated heterocycles. The molecule has 1 unspecified atom stereocenters. The first-order valence-electron chi connectivity index (χ1n) is 7.50. The Balaban J connectivity index is 1.89. The van der Waals surface area contributed by atoms with Gasteiger partial charge in [-0.3, -0.25) is 4.90 Å². The second kappa shape index (κ2) is 6.41. The highest BCUT2D eigenvalue weighted by Crippen LogP contribution is 2.15. The van der Waals surface area contributed by atoms with Crippen molar-refractivity contribution in [2.75, 3.05) is 39.3 Å². The van der Waals surface area contributed by atoms with Crippen LogP contribution in [0.4, 0.5) is 4.79 Å². The molecule has 2 amide bonds. The minimum Gasteiger partial charge on any atom is -0.325 e. The molecule has 2 fully saturated rings. The van der Waals surface area contributed by atoms with Crippen LogP contribution in [0.3, 0.4) is 0 Å². The summed E-state index contributed by atoms with van der Waals surface area (Å²) in [7, 11) is 0. The van der Waals surface area contributed by atoms with Crippen molar-refractivity contribution < 1.29 is 4.79 Å². The van der Waals surface area contributed by atoms with E-state index in [2.05, 4.69) is 28.5 Å². The van der Waals surface area contributed by atoms with E-state index in [4.69, 9.17) is 0 Å². The van der Waals surface area contributed by atoms with E-state index in [0.29, 0.717) is 6.04 Å². The highest BCUT2D eigenvalue weighted by atomic mass is 16.2. The molecule has 0 radical (unpaired) electrons. The van der Waals surface area contributed by atoms with Gasteiger partial charge in [-0.1, -0.05) is 19.8 Å². The first-order chi connectivity index (χ1) is 8.72. The average molecular weight is 253 g/mol. The summed E-state index contributed by atoms with van der Waals surface area (Å²) in [6.45, 7) is 10.2. The molecule has 0 aliphatic carbocycles. The van der Waals surface area contributed by atoms with Crippen LogP contribution < -0.4 is 0 Å². The van der Waals surface area contributed by atoms with E-state index in [-0.39, 0.29) is 6.03 Å². The van der Waals surface area contributed by atoms with Gasteiger partial charge in [-0.15, -0.1) is 0 Å². The summed E-state index contributed by atoms with van der Waals surface area (Å²) >= 11 is 0. The van der Waals surface area contributed by atoms with Gasteiger partial charge in [0, 0.05) is 38.8 Å². The number of carbonyl (C=O) groups excluding carboxylic acids is 1. The lowest BCUT2D eigenvalue weighted by molar-refractivity contribution is 0.0849. The summed E-state index contributed by atoms with van der Waals surface area (Å²) in [5, 5.41) is 0. The molecule has 2 aliphatic heterocycles. The molecule has 0 aromatic carbocycles. The van der Waals surface area contributed by atoms with Crippen LogP contribution >= 0.6 is 0 Å². The third-order valence-corrected chi connectivity index (χ3v) is 4.32. The smallest absolute Gasteiger partial charge is 0.320 e. The van der Waals surface area contributed by atoms with Crippen LogP contribution in [0.15, 0.2) is 0 Å². The van der Waals surface area contributed by atoms with Gasteiger partial charge < -0.3 is 9.80 Å². The molecule has 0 bridgehead atoms. The summed E-state index contributed by atoms with van der Waals surface area (Å²) < 4.78 is 0. The zero-order chi connectivity index (χ0) is 13.0. The fourth-order valence-corrected chi connectivity index (χ4v) is 3.10. The number of amides is 2. The summed E-state index contributed by atoms with van der Waals surface area (Å²) in [4.78, 5) is 19.1. The number of likely N-dealkylation sites (tertiary alicyclic amines) is 1. The number of hydrogen-bond acceptors (Lipinski definition) is 2. The minimum atomic E-state index is 0.277. The van der Waals surface area contributed by atoms with Crippen LogP contribution in [0.2, 0.25) is 0 Å². The molecule has 18 heavy (non-hydrogen) atoms. The molecule has 0 N–H and O–H groups in total. The summed E-state index contributed by atoms with van der Waals surface area (Å²) in [6.07, 6.45) is 4.92. The van der Waals surface area contributed by atoms with Gasteiger partial charge in [0.15, 0.2) is 0 Å². The van der Waals surface area contributed by atoms with Crippen molar-refractivity contribution in [2.24, 2.45) is 0 Å². The van der Waals surface area contributed by atoms with Gasteiger partial charge >= 0.3 is 6.03 Å². The van der Waals surface area contributed by atoms with Gasteiger partial charge in [-0.05, 0) is 26.3 Å². The molecule has 0 spiro atoms. The Kier molecular flexibility index (Phi) is 4.87. The van der Waals surface area contributed by atoms with Crippen LogP contribution in [-0.2, 0) is 0 Å². The van der Waals surface area contributed by atoms with Gasteiger partial charge in [0.25, 0.3) is 0 Å². The fourth-order valence-electron chi connectivity index (χ4n) is 3.10. The van der Waals surface area contributed by atoms with Gasteiger partial charge in [0.05, 0.1) is 0 Å². The molecule has 0 aromatic rings. The predicted octanol–water partition coefficient (Wildman–Crippen LogP) is 2.01. The van der Waals surface area contributed by atoms with Crippen LogP contribution in [0.1, 0.15) is 39.5 Å². The maximum absolute atomic E-state index is 12.5. The SMILES string of the molecule is CCN1CCN(C(=O)N2CCCCCC2)CC1C. The van der Waals surface area contributed by atoms with E-state index in [1.54, 1.807) is 0 Å². The Bertz CT molecular complexity index is 274. The molecule has 2 rings (SSSR count). The maximum atomic E-state index is 12.5. The summed E-state index contributed by atoms with van der Waals surface area (Å²) in [6, 6.07) is 0.777. The van der Waals surface area contributed by atoms with Gasteiger partial charge in [0.2, 0.25) is 0 Å². The quantitative estimate of drug-likeness (QED) is 0.714. The number of carbonyl (C=O) groups is 1. The van der Waals surface area contributed by atoms with Crippen LogP contribution in [0.5, 0.6) is 0 Å². The van der Waals surface area contributed by atoms with Gasteiger partial charge in [0.1, 0.15) is 0 Å². The second-order valence-electron chi connectivity index (χ2n) is 5.61.